The molecule has 1 amide bonds. The maximum absolute atomic E-state index is 12.6. The molecule has 2 aromatic carbocycles. The highest BCUT2D eigenvalue weighted by Gasteiger charge is 2.23. The van der Waals surface area contributed by atoms with Crippen molar-refractivity contribution >= 4 is 38.3 Å². The van der Waals surface area contributed by atoms with Crippen LogP contribution < -0.4 is 5.32 Å². The van der Waals surface area contributed by atoms with E-state index in [0.717, 1.165) is 21.2 Å². The number of benzene rings is 2. The largest absolute Gasteiger partial charge is 0.462 e. The molecule has 1 aromatic heterocycles. The van der Waals surface area contributed by atoms with Gasteiger partial charge in [0.05, 0.1) is 6.61 Å². The van der Waals surface area contributed by atoms with Crippen molar-refractivity contribution in [1.82, 2.24) is 0 Å². The Morgan fingerprint density at radius 3 is 2.48 bits per heavy atom. The molecule has 0 aliphatic carbocycles. The Labute approximate surface area is 174 Å². The lowest BCUT2D eigenvalue weighted by Gasteiger charge is -2.18. The van der Waals surface area contributed by atoms with Gasteiger partial charge in [0, 0.05) is 21.6 Å². The summed E-state index contributed by atoms with van der Waals surface area (Å²) >= 11 is 1.36. The molecule has 0 spiro atoms. The quantitative estimate of drug-likeness (QED) is 0.471. The molecule has 0 saturated carbocycles. The van der Waals surface area contributed by atoms with Crippen molar-refractivity contribution < 1.29 is 14.3 Å². The number of hydrogen-bond acceptors (Lipinski definition) is 4. The third-order valence-corrected chi connectivity index (χ3v) is 5.42. The van der Waals surface area contributed by atoms with E-state index in [1.807, 2.05) is 42.5 Å². The molecular formula is C24H23NO3S. The summed E-state index contributed by atoms with van der Waals surface area (Å²) in [6.45, 7) is 8.42. The summed E-state index contributed by atoms with van der Waals surface area (Å²) < 4.78 is 6.15. The lowest BCUT2D eigenvalue weighted by atomic mass is 9.87. The number of fused-ring (bicyclic) bond motifs is 1. The summed E-state index contributed by atoms with van der Waals surface area (Å²) in [6, 6.07) is 15.3. The van der Waals surface area contributed by atoms with Gasteiger partial charge in [-0.1, -0.05) is 57.0 Å². The minimum atomic E-state index is -0.470. The van der Waals surface area contributed by atoms with Crippen LogP contribution in [0.2, 0.25) is 0 Å². The number of ether oxygens (including phenoxy) is 1. The molecule has 0 saturated heterocycles. The molecule has 0 radical (unpaired) electrons. The lowest BCUT2D eigenvalue weighted by molar-refractivity contribution is -0.111. The van der Waals surface area contributed by atoms with E-state index in [2.05, 4.69) is 44.0 Å². The van der Waals surface area contributed by atoms with Crippen LogP contribution in [0.5, 0.6) is 0 Å². The molecule has 0 atom stereocenters. The maximum Gasteiger partial charge on any atom is 0.341 e. The van der Waals surface area contributed by atoms with E-state index in [-0.39, 0.29) is 12.0 Å². The van der Waals surface area contributed by atoms with Gasteiger partial charge in [0.25, 0.3) is 0 Å². The highest BCUT2D eigenvalue weighted by Crippen LogP contribution is 2.38. The van der Waals surface area contributed by atoms with Crippen molar-refractivity contribution in [1.29, 1.82) is 0 Å². The van der Waals surface area contributed by atoms with Gasteiger partial charge in [-0.25, -0.2) is 4.79 Å². The molecule has 0 unspecified atom stereocenters. The van der Waals surface area contributed by atoms with Crippen LogP contribution in [0.1, 0.15) is 49.2 Å². The number of rotatable bonds is 3. The van der Waals surface area contributed by atoms with E-state index in [1.54, 1.807) is 6.92 Å². The number of nitrogens with one attached hydrogen (secondary N) is 1. The molecule has 1 heterocycles. The van der Waals surface area contributed by atoms with Crippen molar-refractivity contribution in [3.63, 3.8) is 0 Å². The van der Waals surface area contributed by atoms with Crippen LogP contribution in [0.3, 0.4) is 0 Å². The summed E-state index contributed by atoms with van der Waals surface area (Å²) in [5.41, 5.74) is 2.26. The molecule has 0 bridgehead atoms. The summed E-state index contributed by atoms with van der Waals surface area (Å²) in [5, 5.41) is 4.00. The standard InChI is InChI=1S/C24H23NO3S/c1-5-28-23(27)21-18-13-12-17(24(2,3)4)15-19(18)29-22(21)25-20(26)14-11-16-9-7-6-8-10-16/h6-10,12-13,15H,5H2,1-4H3,(H,25,26). The molecule has 1 N–H and O–H groups in total. The molecule has 0 aliphatic heterocycles. The fourth-order valence-electron chi connectivity index (χ4n) is 2.84. The predicted octanol–water partition coefficient (Wildman–Crippen LogP) is 5.37. The number of carbonyl (C=O) groups is 2. The van der Waals surface area contributed by atoms with E-state index in [9.17, 15) is 9.59 Å². The third kappa shape index (κ3) is 4.85. The van der Waals surface area contributed by atoms with Crippen molar-refractivity contribution in [2.24, 2.45) is 0 Å². The average molecular weight is 406 g/mol. The van der Waals surface area contributed by atoms with E-state index in [0.29, 0.717) is 10.6 Å². The Morgan fingerprint density at radius 2 is 1.83 bits per heavy atom. The fourth-order valence-corrected chi connectivity index (χ4v) is 3.97. The van der Waals surface area contributed by atoms with E-state index < -0.39 is 11.9 Å². The Morgan fingerprint density at radius 1 is 1.10 bits per heavy atom. The number of carbonyl (C=O) groups excluding carboxylic acids is 2. The molecular weight excluding hydrogens is 382 g/mol. The summed E-state index contributed by atoms with van der Waals surface area (Å²) in [5.74, 6) is 4.49. The summed E-state index contributed by atoms with van der Waals surface area (Å²) in [6.07, 6.45) is 0. The van der Waals surface area contributed by atoms with Crippen LogP contribution in [0.25, 0.3) is 10.1 Å². The number of esters is 1. The molecule has 0 aliphatic rings. The number of anilines is 1. The first-order chi connectivity index (χ1) is 13.8. The molecule has 5 heteroatoms. The normalized spacial score (nSPS) is 10.9. The van der Waals surface area contributed by atoms with Crippen LogP contribution >= 0.6 is 11.3 Å². The average Bonchev–Trinajstić information content (AvgIpc) is 3.03. The van der Waals surface area contributed by atoms with E-state index in [1.165, 1.54) is 11.3 Å². The minimum absolute atomic E-state index is 0.0210. The summed E-state index contributed by atoms with van der Waals surface area (Å²) in [7, 11) is 0. The zero-order valence-corrected chi connectivity index (χ0v) is 17.8. The molecule has 4 nitrogen and oxygen atoms in total. The molecule has 29 heavy (non-hydrogen) atoms. The highest BCUT2D eigenvalue weighted by molar-refractivity contribution is 7.23. The van der Waals surface area contributed by atoms with Crippen molar-refractivity contribution in [2.45, 2.75) is 33.1 Å². The smallest absolute Gasteiger partial charge is 0.341 e. The zero-order chi connectivity index (χ0) is 21.0. The molecule has 3 aromatic rings. The number of amides is 1. The van der Waals surface area contributed by atoms with Gasteiger partial charge in [0.1, 0.15) is 10.6 Å². The Kier molecular flexibility index (Phi) is 6.05. The lowest BCUT2D eigenvalue weighted by Crippen LogP contribution is -2.12. The molecule has 3 rings (SSSR count). The highest BCUT2D eigenvalue weighted by atomic mass is 32.1. The second-order valence-electron chi connectivity index (χ2n) is 7.56. The van der Waals surface area contributed by atoms with Crippen LogP contribution in [0, 0.1) is 11.8 Å². The monoisotopic (exact) mass is 405 g/mol. The van der Waals surface area contributed by atoms with Gasteiger partial charge in [-0.2, -0.15) is 0 Å². The van der Waals surface area contributed by atoms with Gasteiger partial charge in [-0.15, -0.1) is 11.3 Å². The van der Waals surface area contributed by atoms with Gasteiger partial charge in [-0.05, 0) is 36.1 Å². The fraction of sp³-hybridized carbons (Fsp3) is 0.250. The topological polar surface area (TPSA) is 55.4 Å². The van der Waals surface area contributed by atoms with Crippen LogP contribution in [0.15, 0.2) is 48.5 Å². The number of thiophene rings is 1. The minimum Gasteiger partial charge on any atom is -0.462 e. The third-order valence-electron chi connectivity index (χ3n) is 4.36. The van der Waals surface area contributed by atoms with Crippen LogP contribution in [-0.2, 0) is 14.9 Å². The Bertz CT molecular complexity index is 1110. The predicted molar refractivity (Wildman–Crippen MR) is 118 cm³/mol. The Hall–Kier alpha value is -3.10. The SMILES string of the molecule is CCOC(=O)c1c(NC(=O)C#Cc2ccccc2)sc2cc(C(C)(C)C)ccc12. The zero-order valence-electron chi connectivity index (χ0n) is 17.0. The summed E-state index contributed by atoms with van der Waals surface area (Å²) in [4.78, 5) is 25.0. The van der Waals surface area contributed by atoms with Gasteiger partial charge in [0.15, 0.2) is 0 Å². The van der Waals surface area contributed by atoms with Crippen molar-refractivity contribution in [3.8, 4) is 11.8 Å². The van der Waals surface area contributed by atoms with Crippen molar-refractivity contribution in [2.75, 3.05) is 11.9 Å². The van der Waals surface area contributed by atoms with E-state index in [4.69, 9.17) is 4.74 Å². The van der Waals surface area contributed by atoms with Gasteiger partial charge in [0.2, 0.25) is 0 Å². The van der Waals surface area contributed by atoms with E-state index >= 15 is 0 Å². The number of hydrogen-bond donors (Lipinski definition) is 1. The first-order valence-corrected chi connectivity index (χ1v) is 10.2. The van der Waals surface area contributed by atoms with Crippen LogP contribution in [0.4, 0.5) is 5.00 Å². The maximum atomic E-state index is 12.6. The van der Waals surface area contributed by atoms with Gasteiger partial charge in [-0.3, -0.25) is 4.79 Å². The second kappa shape index (κ2) is 8.50. The Balaban J connectivity index is 1.99. The van der Waals surface area contributed by atoms with Gasteiger partial charge >= 0.3 is 11.9 Å². The first-order valence-electron chi connectivity index (χ1n) is 9.42. The van der Waals surface area contributed by atoms with Gasteiger partial charge < -0.3 is 10.1 Å². The van der Waals surface area contributed by atoms with Crippen LogP contribution in [-0.4, -0.2) is 18.5 Å². The molecule has 0 fully saturated rings. The first kappa shape index (κ1) is 20.6. The van der Waals surface area contributed by atoms with Crippen molar-refractivity contribution in [3.05, 3.63) is 65.2 Å². The molecule has 148 valence electrons. The second-order valence-corrected chi connectivity index (χ2v) is 8.61.